The smallest absolute Gasteiger partial charge is 0.335 e. The monoisotopic (exact) mass is 476 g/mol. The highest BCUT2D eigenvalue weighted by atomic mass is 35.5. The van der Waals surface area contributed by atoms with E-state index in [2.05, 4.69) is 4.98 Å². The molecule has 0 aliphatic rings. The van der Waals surface area contributed by atoms with Gasteiger partial charge in [-0.1, -0.05) is 35.3 Å². The number of carbonyl (C=O) groups is 1. The number of furan rings is 1. The number of carboxylic acid groups (broad SMARTS) is 1. The van der Waals surface area contributed by atoms with Crippen LogP contribution < -0.4 is 4.31 Å². The van der Waals surface area contributed by atoms with Crippen molar-refractivity contribution in [2.24, 2.45) is 0 Å². The van der Waals surface area contributed by atoms with E-state index >= 15 is 0 Å². The topological polar surface area (TPSA) is 101 Å². The van der Waals surface area contributed by atoms with E-state index in [4.69, 9.17) is 32.7 Å². The third-order valence-electron chi connectivity index (χ3n) is 4.56. The van der Waals surface area contributed by atoms with Crippen LogP contribution in [0.15, 0.2) is 76.4 Å². The number of nitrogens with zero attached hydrogens (tertiary/aromatic N) is 2. The zero-order valence-corrected chi connectivity index (χ0v) is 18.0. The summed E-state index contributed by atoms with van der Waals surface area (Å²) >= 11 is 12.2. The third kappa shape index (κ3) is 4.23. The quantitative estimate of drug-likeness (QED) is 0.408. The van der Waals surface area contributed by atoms with Crippen molar-refractivity contribution >= 4 is 56.0 Å². The number of sulfonamides is 1. The molecule has 158 valence electrons. The molecule has 0 saturated carbocycles. The minimum absolute atomic E-state index is 0.00656. The van der Waals surface area contributed by atoms with Crippen LogP contribution in [0.2, 0.25) is 10.0 Å². The predicted molar refractivity (Wildman–Crippen MR) is 117 cm³/mol. The molecule has 2 heterocycles. The van der Waals surface area contributed by atoms with Crippen LogP contribution in [-0.2, 0) is 16.6 Å². The van der Waals surface area contributed by atoms with Crippen LogP contribution in [0.3, 0.4) is 0 Å². The summed E-state index contributed by atoms with van der Waals surface area (Å²) < 4.78 is 33.4. The molecule has 0 spiro atoms. The highest BCUT2D eigenvalue weighted by Gasteiger charge is 2.28. The van der Waals surface area contributed by atoms with Gasteiger partial charge in [0, 0.05) is 11.6 Å². The Hall–Kier alpha value is -3.07. The molecule has 2 aromatic carbocycles. The van der Waals surface area contributed by atoms with Crippen molar-refractivity contribution in [3.8, 4) is 0 Å². The second kappa shape index (κ2) is 8.22. The van der Waals surface area contributed by atoms with E-state index in [1.54, 1.807) is 24.5 Å². The summed E-state index contributed by atoms with van der Waals surface area (Å²) in [5, 5.41) is 10.3. The summed E-state index contributed by atoms with van der Waals surface area (Å²) in [6.45, 7) is -0.0893. The van der Waals surface area contributed by atoms with Crippen molar-refractivity contribution in [1.82, 2.24) is 4.98 Å². The lowest BCUT2D eigenvalue weighted by atomic mass is 10.2. The zero-order chi connectivity index (χ0) is 22.2. The Morgan fingerprint density at radius 1 is 1.06 bits per heavy atom. The highest BCUT2D eigenvalue weighted by molar-refractivity contribution is 7.92. The normalized spacial score (nSPS) is 11.5. The Labute approximate surface area is 187 Å². The SMILES string of the molecule is O=C(O)c1ccc(S(=O)(=O)N(Cc2ccc3ccoc3c2)c2ncc(Cl)cc2Cl)cc1. The van der Waals surface area contributed by atoms with Gasteiger partial charge in [0.15, 0.2) is 5.82 Å². The van der Waals surface area contributed by atoms with Crippen molar-refractivity contribution < 1.29 is 22.7 Å². The molecule has 1 N–H and O–H groups in total. The second-order valence-electron chi connectivity index (χ2n) is 6.59. The molecule has 31 heavy (non-hydrogen) atoms. The molecule has 0 saturated heterocycles. The van der Waals surface area contributed by atoms with Crippen molar-refractivity contribution in [2.75, 3.05) is 4.31 Å². The van der Waals surface area contributed by atoms with E-state index < -0.39 is 16.0 Å². The first-order valence-corrected chi connectivity index (χ1v) is 11.1. The van der Waals surface area contributed by atoms with Gasteiger partial charge in [-0.15, -0.1) is 0 Å². The highest BCUT2D eigenvalue weighted by Crippen LogP contribution is 2.32. The first-order chi connectivity index (χ1) is 14.8. The molecule has 0 amide bonds. The molecule has 0 aliphatic carbocycles. The van der Waals surface area contributed by atoms with Gasteiger partial charge in [-0.3, -0.25) is 0 Å². The molecule has 4 aromatic rings. The first-order valence-electron chi connectivity index (χ1n) is 8.89. The summed E-state index contributed by atoms with van der Waals surface area (Å²) in [7, 11) is -4.15. The minimum atomic E-state index is -4.15. The van der Waals surface area contributed by atoms with E-state index in [1.165, 1.54) is 36.5 Å². The number of rotatable bonds is 6. The second-order valence-corrected chi connectivity index (χ2v) is 9.30. The summed E-state index contributed by atoms with van der Waals surface area (Å²) in [4.78, 5) is 15.1. The van der Waals surface area contributed by atoms with E-state index in [9.17, 15) is 13.2 Å². The summed E-state index contributed by atoms with van der Waals surface area (Å²) in [5.41, 5.74) is 1.22. The number of hydrogen-bond donors (Lipinski definition) is 1. The van der Waals surface area contributed by atoms with E-state index in [1.807, 2.05) is 6.07 Å². The molecule has 0 radical (unpaired) electrons. The van der Waals surface area contributed by atoms with Gasteiger partial charge in [0.1, 0.15) is 5.58 Å². The van der Waals surface area contributed by atoms with E-state index in [0.29, 0.717) is 11.1 Å². The van der Waals surface area contributed by atoms with E-state index in [0.717, 1.165) is 9.69 Å². The lowest BCUT2D eigenvalue weighted by Gasteiger charge is -2.24. The Morgan fingerprint density at radius 3 is 2.48 bits per heavy atom. The van der Waals surface area contributed by atoms with Gasteiger partial charge in [0.05, 0.1) is 33.3 Å². The number of hydrogen-bond acceptors (Lipinski definition) is 5. The average molecular weight is 477 g/mol. The lowest BCUT2D eigenvalue weighted by Crippen LogP contribution is -2.31. The van der Waals surface area contributed by atoms with Gasteiger partial charge in [-0.2, -0.15) is 0 Å². The van der Waals surface area contributed by atoms with Gasteiger partial charge >= 0.3 is 5.97 Å². The number of fused-ring (bicyclic) bond motifs is 1. The van der Waals surface area contributed by atoms with Crippen LogP contribution in [0.5, 0.6) is 0 Å². The van der Waals surface area contributed by atoms with Crippen LogP contribution in [0.1, 0.15) is 15.9 Å². The van der Waals surface area contributed by atoms with Gasteiger partial charge in [-0.05, 0) is 48.0 Å². The fourth-order valence-corrected chi connectivity index (χ4v) is 4.98. The number of halogens is 2. The molecular formula is C21H14Cl2N2O5S. The molecule has 0 bridgehead atoms. The maximum absolute atomic E-state index is 13.5. The van der Waals surface area contributed by atoms with Crippen molar-refractivity contribution in [2.45, 2.75) is 11.4 Å². The van der Waals surface area contributed by atoms with Gasteiger partial charge in [0.25, 0.3) is 10.0 Å². The lowest BCUT2D eigenvalue weighted by molar-refractivity contribution is 0.0696. The largest absolute Gasteiger partial charge is 0.478 e. The number of aromatic nitrogens is 1. The standard InChI is InChI=1S/C21H14Cl2N2O5S/c22-16-10-18(23)20(24-11-16)25(12-13-1-2-14-7-8-30-19(14)9-13)31(28,29)17-5-3-15(4-6-17)21(26)27/h1-11H,12H2,(H,26,27). The Bertz CT molecular complexity index is 1380. The Morgan fingerprint density at radius 2 is 1.81 bits per heavy atom. The number of aromatic carboxylic acids is 1. The van der Waals surface area contributed by atoms with Gasteiger partial charge < -0.3 is 9.52 Å². The number of pyridine rings is 1. The fourth-order valence-electron chi connectivity index (χ4n) is 3.02. The van der Waals surface area contributed by atoms with Crippen molar-refractivity contribution in [3.05, 3.63) is 88.2 Å². The fraction of sp³-hybridized carbons (Fsp3) is 0.0476. The number of benzene rings is 2. The maximum Gasteiger partial charge on any atom is 0.335 e. The third-order valence-corrected chi connectivity index (χ3v) is 6.80. The van der Waals surface area contributed by atoms with Crippen LogP contribution in [-0.4, -0.2) is 24.5 Å². The zero-order valence-electron chi connectivity index (χ0n) is 15.7. The molecule has 7 nitrogen and oxygen atoms in total. The molecular weight excluding hydrogens is 463 g/mol. The summed E-state index contributed by atoms with van der Waals surface area (Å²) in [5.74, 6) is -1.16. The van der Waals surface area contributed by atoms with Crippen molar-refractivity contribution in [1.29, 1.82) is 0 Å². The van der Waals surface area contributed by atoms with Crippen LogP contribution >= 0.6 is 23.2 Å². The van der Waals surface area contributed by atoms with Crippen LogP contribution in [0.25, 0.3) is 11.0 Å². The van der Waals surface area contributed by atoms with E-state index in [-0.39, 0.29) is 32.9 Å². The van der Waals surface area contributed by atoms with Gasteiger partial charge in [0.2, 0.25) is 0 Å². The molecule has 10 heteroatoms. The molecule has 2 aromatic heterocycles. The average Bonchev–Trinajstić information content (AvgIpc) is 3.20. The predicted octanol–water partition coefficient (Wildman–Crippen LogP) is 5.23. The molecule has 0 atom stereocenters. The number of carboxylic acids is 1. The van der Waals surface area contributed by atoms with Crippen molar-refractivity contribution in [3.63, 3.8) is 0 Å². The maximum atomic E-state index is 13.5. The van der Waals surface area contributed by atoms with Crippen LogP contribution in [0, 0.1) is 0 Å². The molecule has 0 unspecified atom stereocenters. The summed E-state index contributed by atoms with van der Waals surface area (Å²) in [6.07, 6.45) is 2.85. The van der Waals surface area contributed by atoms with Gasteiger partial charge in [-0.25, -0.2) is 22.5 Å². The van der Waals surface area contributed by atoms with Crippen LogP contribution in [0.4, 0.5) is 5.82 Å². The molecule has 0 fully saturated rings. The Kier molecular flexibility index (Phi) is 5.62. The number of anilines is 1. The molecule has 0 aliphatic heterocycles. The molecule has 4 rings (SSSR count). The Balaban J connectivity index is 1.81. The summed E-state index contributed by atoms with van der Waals surface area (Å²) in [6, 6.07) is 13.4. The minimum Gasteiger partial charge on any atom is -0.478 e. The first kappa shape index (κ1) is 21.2.